The molecule has 36 heavy (non-hydrogen) atoms. The van der Waals surface area contributed by atoms with Crippen LogP contribution in [0.25, 0.3) is 0 Å². The van der Waals surface area contributed by atoms with Crippen LogP contribution in [0.15, 0.2) is 64.8 Å². The predicted octanol–water partition coefficient (Wildman–Crippen LogP) is 7.32. The van der Waals surface area contributed by atoms with Crippen LogP contribution in [0.3, 0.4) is 0 Å². The molecule has 0 amide bonds. The number of nitrogens with zero attached hydrogens (tertiary/aromatic N) is 4. The number of non-ortho nitro benzene ring substituents is 1. The Hall–Kier alpha value is -3.69. The molecule has 188 valence electrons. The Labute approximate surface area is 218 Å². The smallest absolute Gasteiger partial charge is 0.338 e. The topological polar surface area (TPSA) is 107 Å². The molecule has 9 nitrogen and oxygen atoms in total. The number of hydrogen-bond donors (Lipinski definition) is 0. The van der Waals surface area contributed by atoms with Gasteiger partial charge in [0.2, 0.25) is 0 Å². The highest BCUT2D eigenvalue weighted by atomic mass is 35.5. The number of benzene rings is 3. The molecule has 0 aliphatic rings. The van der Waals surface area contributed by atoms with E-state index in [4.69, 9.17) is 32.7 Å². The van der Waals surface area contributed by atoms with Crippen LogP contribution in [0.1, 0.15) is 22.8 Å². The summed E-state index contributed by atoms with van der Waals surface area (Å²) in [5, 5.41) is 19.3. The lowest BCUT2D eigenvalue weighted by Gasteiger charge is -2.23. The van der Waals surface area contributed by atoms with Gasteiger partial charge in [-0.25, -0.2) is 4.79 Å². The SMILES string of the molecule is CCN(CCOC(=O)c1ccc(OC)cc1)c1ccc(N=Nc2c(Cl)cc([N+](=O)[O-])cc2Cl)c(C)c1. The largest absolute Gasteiger partial charge is 0.497 e. The van der Waals surface area contributed by atoms with Gasteiger partial charge in [-0.3, -0.25) is 10.1 Å². The first-order valence-electron chi connectivity index (χ1n) is 11.0. The average molecular weight is 531 g/mol. The van der Waals surface area contributed by atoms with Gasteiger partial charge in [-0.1, -0.05) is 23.2 Å². The van der Waals surface area contributed by atoms with Gasteiger partial charge in [0, 0.05) is 24.4 Å². The lowest BCUT2D eigenvalue weighted by molar-refractivity contribution is -0.384. The van der Waals surface area contributed by atoms with Gasteiger partial charge in [0.05, 0.1) is 39.9 Å². The Morgan fingerprint density at radius 2 is 1.72 bits per heavy atom. The van der Waals surface area contributed by atoms with Crippen molar-refractivity contribution < 1.29 is 19.2 Å². The van der Waals surface area contributed by atoms with Crippen molar-refractivity contribution in [3.63, 3.8) is 0 Å². The van der Waals surface area contributed by atoms with E-state index in [-0.39, 0.29) is 28.0 Å². The molecule has 0 bridgehead atoms. The minimum Gasteiger partial charge on any atom is -0.497 e. The molecule has 3 aromatic rings. The maximum absolute atomic E-state index is 12.3. The zero-order valence-electron chi connectivity index (χ0n) is 19.9. The zero-order valence-corrected chi connectivity index (χ0v) is 21.4. The monoisotopic (exact) mass is 530 g/mol. The van der Waals surface area contributed by atoms with Crippen molar-refractivity contribution in [2.24, 2.45) is 10.2 Å². The number of methoxy groups -OCH3 is 1. The quantitative estimate of drug-likeness (QED) is 0.117. The van der Waals surface area contributed by atoms with Crippen LogP contribution >= 0.6 is 23.2 Å². The third-order valence-corrected chi connectivity index (χ3v) is 5.89. The van der Waals surface area contributed by atoms with Crippen LogP contribution in [-0.2, 0) is 4.74 Å². The van der Waals surface area contributed by atoms with E-state index in [1.54, 1.807) is 37.4 Å². The Bertz CT molecular complexity index is 1260. The summed E-state index contributed by atoms with van der Waals surface area (Å²) in [4.78, 5) is 24.7. The Morgan fingerprint density at radius 1 is 1.06 bits per heavy atom. The van der Waals surface area contributed by atoms with Crippen LogP contribution < -0.4 is 9.64 Å². The van der Waals surface area contributed by atoms with E-state index in [1.807, 2.05) is 26.0 Å². The summed E-state index contributed by atoms with van der Waals surface area (Å²) in [5.41, 5.74) is 2.75. The Morgan fingerprint density at radius 3 is 2.28 bits per heavy atom. The highest BCUT2D eigenvalue weighted by molar-refractivity contribution is 6.39. The maximum Gasteiger partial charge on any atom is 0.338 e. The first-order valence-corrected chi connectivity index (χ1v) is 11.7. The zero-order chi connectivity index (χ0) is 26.2. The normalized spacial score (nSPS) is 10.9. The van der Waals surface area contributed by atoms with Gasteiger partial charge in [0.1, 0.15) is 18.0 Å². The van der Waals surface area contributed by atoms with Gasteiger partial charge in [0.25, 0.3) is 5.69 Å². The molecule has 0 saturated carbocycles. The van der Waals surface area contributed by atoms with Crippen molar-refractivity contribution in [2.75, 3.05) is 31.7 Å². The first-order chi connectivity index (χ1) is 17.2. The number of carbonyl (C=O) groups excluding carboxylic acids is 1. The summed E-state index contributed by atoms with van der Waals surface area (Å²) in [6, 6.07) is 14.7. The second-order valence-corrected chi connectivity index (χ2v) is 8.44. The highest BCUT2D eigenvalue weighted by Gasteiger charge is 2.15. The van der Waals surface area contributed by atoms with E-state index in [0.717, 1.165) is 11.3 Å². The van der Waals surface area contributed by atoms with E-state index in [9.17, 15) is 14.9 Å². The van der Waals surface area contributed by atoms with Crippen LogP contribution in [-0.4, -0.2) is 37.7 Å². The lowest BCUT2D eigenvalue weighted by atomic mass is 10.1. The molecular formula is C25H24Cl2N4O5. The van der Waals surface area contributed by atoms with Crippen LogP contribution in [0.5, 0.6) is 5.75 Å². The van der Waals surface area contributed by atoms with Crippen molar-refractivity contribution >= 4 is 51.9 Å². The number of halogens is 2. The number of esters is 1. The van der Waals surface area contributed by atoms with Gasteiger partial charge in [-0.2, -0.15) is 5.11 Å². The number of ether oxygens (including phenoxy) is 2. The third-order valence-electron chi connectivity index (χ3n) is 5.32. The molecule has 0 spiro atoms. The molecule has 0 aromatic heterocycles. The second-order valence-electron chi connectivity index (χ2n) is 7.63. The van der Waals surface area contributed by atoms with Gasteiger partial charge in [0.15, 0.2) is 0 Å². The molecule has 0 fully saturated rings. The summed E-state index contributed by atoms with van der Waals surface area (Å²) >= 11 is 12.2. The van der Waals surface area contributed by atoms with E-state index in [0.29, 0.717) is 30.1 Å². The van der Waals surface area contributed by atoms with Crippen molar-refractivity contribution in [3.05, 3.63) is 85.9 Å². The summed E-state index contributed by atoms with van der Waals surface area (Å²) in [5.74, 6) is 0.269. The second kappa shape index (κ2) is 12.3. The van der Waals surface area contributed by atoms with E-state index in [2.05, 4.69) is 15.1 Å². The maximum atomic E-state index is 12.3. The molecular weight excluding hydrogens is 507 g/mol. The lowest BCUT2D eigenvalue weighted by Crippen LogP contribution is -2.28. The molecule has 3 aromatic carbocycles. The minimum atomic E-state index is -0.582. The minimum absolute atomic E-state index is 0.0357. The van der Waals surface area contributed by atoms with Crippen molar-refractivity contribution in [1.82, 2.24) is 0 Å². The number of nitro benzene ring substituents is 1. The molecule has 0 atom stereocenters. The highest BCUT2D eigenvalue weighted by Crippen LogP contribution is 2.38. The molecule has 0 heterocycles. The number of nitro groups is 1. The first kappa shape index (κ1) is 26.9. The number of hydrogen-bond acceptors (Lipinski definition) is 8. The molecule has 0 radical (unpaired) electrons. The molecule has 11 heteroatoms. The number of likely N-dealkylation sites (N-methyl/N-ethyl adjacent to an activating group) is 1. The summed E-state index contributed by atoms with van der Waals surface area (Å²) in [7, 11) is 1.56. The standard InChI is InChI=1S/C25H24Cl2N4O5/c1-4-30(11-12-36-25(32)17-5-8-20(35-3)9-6-17)18-7-10-23(16(2)13-18)28-29-24-21(26)14-19(31(33)34)15-22(24)27/h5-10,13-15H,4,11-12H2,1-3H3. The fraction of sp³-hybridized carbons (Fsp3) is 0.240. The van der Waals surface area contributed by atoms with E-state index in [1.165, 1.54) is 12.1 Å². The fourth-order valence-corrected chi connectivity index (χ4v) is 3.89. The molecule has 0 saturated heterocycles. The molecule has 0 aliphatic heterocycles. The summed E-state index contributed by atoms with van der Waals surface area (Å²) < 4.78 is 10.5. The number of carbonyl (C=O) groups is 1. The van der Waals surface area contributed by atoms with Crippen LogP contribution in [0.2, 0.25) is 10.0 Å². The summed E-state index contributed by atoms with van der Waals surface area (Å²) in [6.07, 6.45) is 0. The molecule has 0 unspecified atom stereocenters. The molecule has 3 rings (SSSR count). The predicted molar refractivity (Wildman–Crippen MR) is 140 cm³/mol. The number of aryl methyl sites for hydroxylation is 1. The Balaban J connectivity index is 1.65. The summed E-state index contributed by atoms with van der Waals surface area (Å²) in [6.45, 7) is 5.32. The van der Waals surface area contributed by atoms with Gasteiger partial charge >= 0.3 is 5.97 Å². The van der Waals surface area contributed by atoms with Crippen molar-refractivity contribution in [2.45, 2.75) is 13.8 Å². The molecule has 0 aliphatic carbocycles. The van der Waals surface area contributed by atoms with Crippen molar-refractivity contribution in [1.29, 1.82) is 0 Å². The number of anilines is 1. The van der Waals surface area contributed by atoms with Gasteiger partial charge in [-0.05, 0) is 61.9 Å². The van der Waals surface area contributed by atoms with Crippen LogP contribution in [0, 0.1) is 17.0 Å². The number of azo groups is 1. The number of rotatable bonds is 10. The van der Waals surface area contributed by atoms with Gasteiger partial charge in [-0.15, -0.1) is 5.11 Å². The van der Waals surface area contributed by atoms with Crippen LogP contribution in [0.4, 0.5) is 22.7 Å². The van der Waals surface area contributed by atoms with Crippen molar-refractivity contribution in [3.8, 4) is 5.75 Å². The van der Waals surface area contributed by atoms with E-state index < -0.39 is 10.9 Å². The van der Waals surface area contributed by atoms with E-state index >= 15 is 0 Å². The fourth-order valence-electron chi connectivity index (χ4n) is 3.33. The third kappa shape index (κ3) is 6.71. The molecule has 0 N–H and O–H groups in total. The van der Waals surface area contributed by atoms with Gasteiger partial charge < -0.3 is 14.4 Å². The average Bonchev–Trinajstić information content (AvgIpc) is 2.86. The Kier molecular flexibility index (Phi) is 9.21.